The molecule has 0 aliphatic carbocycles. The van der Waals surface area contributed by atoms with Gasteiger partial charge in [-0.3, -0.25) is 4.79 Å². The van der Waals surface area contributed by atoms with Gasteiger partial charge in [0.25, 0.3) is 0 Å². The lowest BCUT2D eigenvalue weighted by Crippen LogP contribution is -2.06. The average molecular weight is 184 g/mol. The van der Waals surface area contributed by atoms with Crippen molar-refractivity contribution >= 4 is 5.78 Å². The Morgan fingerprint density at radius 1 is 1.46 bits per heavy atom. The maximum atomic E-state index is 10.7. The van der Waals surface area contributed by atoms with Crippen molar-refractivity contribution in [1.82, 2.24) is 0 Å². The number of ketones is 1. The van der Waals surface area contributed by atoms with E-state index in [0.717, 1.165) is 12.8 Å². The Hall–Kier alpha value is -0.630. The van der Waals surface area contributed by atoms with Crippen LogP contribution in [0.2, 0.25) is 0 Å². The molecule has 0 N–H and O–H groups in total. The van der Waals surface area contributed by atoms with Crippen LogP contribution >= 0.6 is 0 Å². The van der Waals surface area contributed by atoms with Crippen molar-refractivity contribution < 1.29 is 9.53 Å². The van der Waals surface area contributed by atoms with E-state index in [1.807, 2.05) is 6.08 Å². The Bertz CT molecular complexity index is 161. The third kappa shape index (κ3) is 7.72. The second-order valence-corrected chi connectivity index (χ2v) is 3.24. The van der Waals surface area contributed by atoms with Gasteiger partial charge in [0.15, 0.2) is 5.78 Å². The molecule has 0 aromatic rings. The number of ether oxygens (including phenoxy) is 1. The first-order chi connectivity index (χ1) is 6.20. The minimum absolute atomic E-state index is 0.0811. The average Bonchev–Trinajstić information content (AvgIpc) is 2.10. The van der Waals surface area contributed by atoms with Gasteiger partial charge in [-0.15, -0.1) is 0 Å². The molecule has 1 atom stereocenters. The number of hydrogen-bond donors (Lipinski definition) is 0. The van der Waals surface area contributed by atoms with Gasteiger partial charge in [0, 0.05) is 7.11 Å². The normalized spacial score (nSPS) is 13.5. The van der Waals surface area contributed by atoms with Gasteiger partial charge in [-0.25, -0.2) is 0 Å². The molecule has 0 saturated carbocycles. The molecular weight excluding hydrogens is 164 g/mol. The Balaban J connectivity index is 3.69. The van der Waals surface area contributed by atoms with E-state index >= 15 is 0 Å². The quantitative estimate of drug-likeness (QED) is 0.449. The standard InChI is InChI=1S/C11H20O2/c1-4-5-6-7-11(13-3)9-8-10(2)12/h8-9,11H,4-7H2,1-3H3. The zero-order valence-electron chi connectivity index (χ0n) is 8.88. The van der Waals surface area contributed by atoms with Crippen molar-refractivity contribution in [2.24, 2.45) is 0 Å². The van der Waals surface area contributed by atoms with Crippen LogP contribution in [-0.4, -0.2) is 19.0 Å². The molecule has 0 fully saturated rings. The molecule has 0 aromatic carbocycles. The van der Waals surface area contributed by atoms with Crippen molar-refractivity contribution in [3.8, 4) is 0 Å². The molecule has 0 aromatic heterocycles. The second kappa shape index (κ2) is 7.99. The van der Waals surface area contributed by atoms with Gasteiger partial charge in [0.2, 0.25) is 0 Å². The highest BCUT2D eigenvalue weighted by Crippen LogP contribution is 2.07. The molecule has 0 saturated heterocycles. The first-order valence-corrected chi connectivity index (χ1v) is 4.92. The summed E-state index contributed by atoms with van der Waals surface area (Å²) in [5.74, 6) is 0.0811. The number of unbranched alkanes of at least 4 members (excludes halogenated alkanes) is 2. The second-order valence-electron chi connectivity index (χ2n) is 3.24. The summed E-state index contributed by atoms with van der Waals surface area (Å²) in [6, 6.07) is 0. The molecule has 2 heteroatoms. The van der Waals surface area contributed by atoms with E-state index < -0.39 is 0 Å². The fourth-order valence-corrected chi connectivity index (χ4v) is 1.13. The smallest absolute Gasteiger partial charge is 0.152 e. The lowest BCUT2D eigenvalue weighted by atomic mass is 10.1. The highest BCUT2D eigenvalue weighted by atomic mass is 16.5. The molecule has 0 bridgehead atoms. The van der Waals surface area contributed by atoms with E-state index in [1.54, 1.807) is 20.1 Å². The topological polar surface area (TPSA) is 26.3 Å². The van der Waals surface area contributed by atoms with E-state index in [1.165, 1.54) is 12.8 Å². The summed E-state index contributed by atoms with van der Waals surface area (Å²) < 4.78 is 5.21. The lowest BCUT2D eigenvalue weighted by molar-refractivity contribution is -0.112. The van der Waals surface area contributed by atoms with Crippen LogP contribution in [0.1, 0.15) is 39.5 Å². The van der Waals surface area contributed by atoms with Gasteiger partial charge in [-0.2, -0.15) is 0 Å². The highest BCUT2D eigenvalue weighted by Gasteiger charge is 2.01. The predicted molar refractivity (Wildman–Crippen MR) is 54.8 cm³/mol. The molecule has 0 amide bonds. The van der Waals surface area contributed by atoms with Crippen LogP contribution in [0.15, 0.2) is 12.2 Å². The zero-order chi connectivity index (χ0) is 10.1. The summed E-state index contributed by atoms with van der Waals surface area (Å²) in [6.45, 7) is 3.72. The van der Waals surface area contributed by atoms with Crippen LogP contribution in [0.5, 0.6) is 0 Å². The monoisotopic (exact) mass is 184 g/mol. The van der Waals surface area contributed by atoms with Crippen molar-refractivity contribution in [2.45, 2.75) is 45.6 Å². The highest BCUT2D eigenvalue weighted by molar-refractivity contribution is 5.87. The number of allylic oxidation sites excluding steroid dienone is 1. The maximum absolute atomic E-state index is 10.7. The van der Waals surface area contributed by atoms with Gasteiger partial charge >= 0.3 is 0 Å². The molecule has 0 rings (SSSR count). The molecule has 2 nitrogen and oxygen atoms in total. The summed E-state index contributed by atoms with van der Waals surface area (Å²) in [7, 11) is 1.68. The number of carbonyl (C=O) groups is 1. The summed E-state index contributed by atoms with van der Waals surface area (Å²) in [5, 5.41) is 0. The third-order valence-corrected chi connectivity index (χ3v) is 1.94. The predicted octanol–water partition coefficient (Wildman–Crippen LogP) is 2.73. The number of carbonyl (C=O) groups excluding carboxylic acids is 1. The molecule has 0 aliphatic rings. The third-order valence-electron chi connectivity index (χ3n) is 1.94. The number of rotatable bonds is 7. The van der Waals surface area contributed by atoms with E-state index in [-0.39, 0.29) is 11.9 Å². The minimum Gasteiger partial charge on any atom is -0.377 e. The Kier molecular flexibility index (Phi) is 7.60. The van der Waals surface area contributed by atoms with Gasteiger partial charge in [-0.05, 0) is 19.4 Å². The number of methoxy groups -OCH3 is 1. The van der Waals surface area contributed by atoms with E-state index in [4.69, 9.17) is 4.74 Å². The largest absolute Gasteiger partial charge is 0.377 e. The van der Waals surface area contributed by atoms with E-state index in [0.29, 0.717) is 0 Å². The molecule has 0 radical (unpaired) electrons. The van der Waals surface area contributed by atoms with Gasteiger partial charge in [0.05, 0.1) is 6.10 Å². The summed E-state index contributed by atoms with van der Waals surface area (Å²) in [5.41, 5.74) is 0. The van der Waals surface area contributed by atoms with Crippen LogP contribution in [0.25, 0.3) is 0 Å². The summed E-state index contributed by atoms with van der Waals surface area (Å²) in [6.07, 6.45) is 8.15. The molecule has 0 heterocycles. The van der Waals surface area contributed by atoms with Gasteiger partial charge in [-0.1, -0.05) is 32.3 Å². The van der Waals surface area contributed by atoms with Crippen molar-refractivity contribution in [3.05, 3.63) is 12.2 Å². The fourth-order valence-electron chi connectivity index (χ4n) is 1.13. The van der Waals surface area contributed by atoms with Crippen LogP contribution in [0, 0.1) is 0 Å². The SMILES string of the molecule is CCCCCC(C=CC(C)=O)OC. The fraction of sp³-hybridized carbons (Fsp3) is 0.727. The summed E-state index contributed by atoms with van der Waals surface area (Å²) >= 11 is 0. The van der Waals surface area contributed by atoms with Crippen LogP contribution in [-0.2, 0) is 9.53 Å². The van der Waals surface area contributed by atoms with Gasteiger partial charge < -0.3 is 4.74 Å². The maximum Gasteiger partial charge on any atom is 0.152 e. The molecule has 13 heavy (non-hydrogen) atoms. The summed E-state index contributed by atoms with van der Waals surface area (Å²) in [4.78, 5) is 10.7. The van der Waals surface area contributed by atoms with Crippen molar-refractivity contribution in [1.29, 1.82) is 0 Å². The molecule has 0 spiro atoms. The van der Waals surface area contributed by atoms with Crippen LogP contribution in [0.3, 0.4) is 0 Å². The van der Waals surface area contributed by atoms with Crippen molar-refractivity contribution in [2.75, 3.05) is 7.11 Å². The van der Waals surface area contributed by atoms with Crippen molar-refractivity contribution in [3.63, 3.8) is 0 Å². The van der Waals surface area contributed by atoms with Gasteiger partial charge in [0.1, 0.15) is 0 Å². The first kappa shape index (κ1) is 12.4. The molecule has 0 aliphatic heterocycles. The Morgan fingerprint density at radius 3 is 2.62 bits per heavy atom. The van der Waals surface area contributed by atoms with E-state index in [2.05, 4.69) is 6.92 Å². The first-order valence-electron chi connectivity index (χ1n) is 4.92. The lowest BCUT2D eigenvalue weighted by Gasteiger charge is -2.09. The zero-order valence-corrected chi connectivity index (χ0v) is 8.88. The Morgan fingerprint density at radius 2 is 2.15 bits per heavy atom. The minimum atomic E-state index is 0.0811. The van der Waals surface area contributed by atoms with Crippen LogP contribution in [0.4, 0.5) is 0 Å². The number of hydrogen-bond acceptors (Lipinski definition) is 2. The molecule has 1 unspecified atom stereocenters. The molecular formula is C11H20O2. The van der Waals surface area contributed by atoms with E-state index in [9.17, 15) is 4.79 Å². The Labute approximate surface area is 81.0 Å². The molecule has 76 valence electrons. The van der Waals surface area contributed by atoms with Crippen LogP contribution < -0.4 is 0 Å².